The van der Waals surface area contributed by atoms with E-state index in [2.05, 4.69) is 14.7 Å². The van der Waals surface area contributed by atoms with Crippen molar-refractivity contribution in [2.75, 3.05) is 0 Å². The summed E-state index contributed by atoms with van der Waals surface area (Å²) >= 11 is 0. The van der Waals surface area contributed by atoms with E-state index < -0.39 is 30.7 Å². The van der Waals surface area contributed by atoms with Gasteiger partial charge < -0.3 is 10.1 Å². The summed E-state index contributed by atoms with van der Waals surface area (Å²) in [6.07, 6.45) is -7.27. The van der Waals surface area contributed by atoms with E-state index in [-0.39, 0.29) is 5.82 Å². The van der Waals surface area contributed by atoms with Gasteiger partial charge in [0.25, 0.3) is 0 Å². The molecule has 0 aliphatic heterocycles. The highest BCUT2D eigenvalue weighted by Gasteiger charge is 2.38. The Morgan fingerprint density at radius 1 is 0.960 bits per heavy atom. The van der Waals surface area contributed by atoms with Crippen molar-refractivity contribution in [2.45, 2.75) is 19.1 Å². The van der Waals surface area contributed by atoms with Crippen LogP contribution in [0.1, 0.15) is 5.82 Å². The molecule has 2 rings (SSSR count). The van der Waals surface area contributed by atoms with Crippen molar-refractivity contribution < 1.29 is 35.9 Å². The molecule has 0 fully saturated rings. The zero-order valence-electron chi connectivity index (χ0n) is 12.1. The Labute approximate surface area is 136 Å². The van der Waals surface area contributed by atoms with Crippen molar-refractivity contribution in [1.82, 2.24) is 15.3 Å². The quantitative estimate of drug-likeness (QED) is 0.845. The number of benzene rings is 1. The van der Waals surface area contributed by atoms with Crippen LogP contribution in [0, 0.1) is 0 Å². The first-order valence-electron chi connectivity index (χ1n) is 6.57. The van der Waals surface area contributed by atoms with Crippen molar-refractivity contribution in [2.24, 2.45) is 0 Å². The number of nitrogens with zero attached hydrogens (tertiary/aromatic N) is 2. The Morgan fingerprint density at radius 2 is 1.52 bits per heavy atom. The lowest BCUT2D eigenvalue weighted by molar-refractivity contribution is -0.274. The van der Waals surface area contributed by atoms with E-state index in [9.17, 15) is 31.1 Å². The lowest BCUT2D eigenvalue weighted by Crippen LogP contribution is -2.36. The topological polar surface area (TPSA) is 64.1 Å². The van der Waals surface area contributed by atoms with Crippen LogP contribution in [0.25, 0.3) is 11.1 Å². The van der Waals surface area contributed by atoms with E-state index in [1.54, 1.807) is 5.32 Å². The van der Waals surface area contributed by atoms with Gasteiger partial charge in [-0.2, -0.15) is 13.2 Å². The number of carbonyl (C=O) groups is 1. The van der Waals surface area contributed by atoms with E-state index in [0.717, 1.165) is 12.1 Å². The molecule has 1 heterocycles. The Morgan fingerprint density at radius 3 is 2.00 bits per heavy atom. The number of carbonyl (C=O) groups excluding carboxylic acids is 1. The molecule has 1 N–H and O–H groups in total. The molecule has 5 nitrogen and oxygen atoms in total. The van der Waals surface area contributed by atoms with E-state index in [1.165, 1.54) is 24.5 Å². The minimum atomic E-state index is -5.00. The molecule has 0 radical (unpaired) electrons. The van der Waals surface area contributed by atoms with Gasteiger partial charge in [0.2, 0.25) is 0 Å². The number of rotatable bonds is 4. The SMILES string of the molecule is O=C(NCc1ncc(-c2ccc(OC(F)(F)F)cc2)cn1)C(F)(F)F. The van der Waals surface area contributed by atoms with Crippen LogP contribution < -0.4 is 10.1 Å². The fourth-order valence-corrected chi connectivity index (χ4v) is 1.70. The fourth-order valence-electron chi connectivity index (χ4n) is 1.70. The molecule has 134 valence electrons. The van der Waals surface area contributed by atoms with Crippen molar-refractivity contribution >= 4 is 5.91 Å². The van der Waals surface area contributed by atoms with Gasteiger partial charge in [0.15, 0.2) is 0 Å². The number of ether oxygens (including phenoxy) is 1. The molecule has 1 aromatic heterocycles. The number of aromatic nitrogens is 2. The highest BCUT2D eigenvalue weighted by Crippen LogP contribution is 2.26. The van der Waals surface area contributed by atoms with Gasteiger partial charge in [-0.3, -0.25) is 4.79 Å². The second kappa shape index (κ2) is 6.95. The molecular formula is C14H9F6N3O2. The highest BCUT2D eigenvalue weighted by atomic mass is 19.4. The third-order valence-corrected chi connectivity index (χ3v) is 2.79. The summed E-state index contributed by atoms with van der Waals surface area (Å²) in [6, 6.07) is 4.87. The van der Waals surface area contributed by atoms with Gasteiger partial charge >= 0.3 is 18.4 Å². The second-order valence-corrected chi connectivity index (χ2v) is 4.64. The second-order valence-electron chi connectivity index (χ2n) is 4.64. The zero-order chi connectivity index (χ0) is 18.7. The summed E-state index contributed by atoms with van der Waals surface area (Å²) in [6.45, 7) is -0.517. The van der Waals surface area contributed by atoms with Crippen molar-refractivity contribution in [3.8, 4) is 16.9 Å². The molecule has 0 unspecified atom stereocenters. The van der Waals surface area contributed by atoms with Crippen LogP contribution >= 0.6 is 0 Å². The average Bonchev–Trinajstić information content (AvgIpc) is 2.51. The molecule has 0 aliphatic carbocycles. The zero-order valence-corrected chi connectivity index (χ0v) is 12.1. The summed E-state index contributed by atoms with van der Waals surface area (Å²) in [5.41, 5.74) is 0.893. The summed E-state index contributed by atoms with van der Waals surface area (Å²) in [4.78, 5) is 18.2. The van der Waals surface area contributed by atoms with Crippen molar-refractivity contribution in [3.05, 3.63) is 42.5 Å². The predicted octanol–water partition coefficient (Wildman–Crippen LogP) is 3.22. The van der Waals surface area contributed by atoms with Crippen molar-refractivity contribution in [1.29, 1.82) is 0 Å². The molecule has 25 heavy (non-hydrogen) atoms. The molecule has 1 amide bonds. The van der Waals surface area contributed by atoms with Crippen LogP contribution in [0.5, 0.6) is 5.75 Å². The first-order valence-corrected chi connectivity index (χ1v) is 6.57. The third kappa shape index (κ3) is 5.62. The van der Waals surface area contributed by atoms with E-state index >= 15 is 0 Å². The first kappa shape index (κ1) is 18.5. The number of amides is 1. The smallest absolute Gasteiger partial charge is 0.406 e. The maximum Gasteiger partial charge on any atom is 0.573 e. The number of alkyl halides is 6. The van der Waals surface area contributed by atoms with Crippen LogP contribution in [0.15, 0.2) is 36.7 Å². The molecule has 0 saturated heterocycles. The van der Waals surface area contributed by atoms with E-state index in [1.807, 2.05) is 0 Å². The average molecular weight is 365 g/mol. The van der Waals surface area contributed by atoms with E-state index in [4.69, 9.17) is 0 Å². The van der Waals surface area contributed by atoms with Crippen molar-refractivity contribution in [3.63, 3.8) is 0 Å². The minimum absolute atomic E-state index is 0.0571. The Bertz CT molecular complexity index is 726. The first-order chi connectivity index (χ1) is 11.5. The molecule has 11 heteroatoms. The molecular weight excluding hydrogens is 356 g/mol. The normalized spacial score (nSPS) is 11.9. The Hall–Kier alpha value is -2.85. The summed E-state index contributed by atoms with van der Waals surface area (Å²) in [5, 5.41) is 1.62. The molecule has 2 aromatic rings. The van der Waals surface area contributed by atoms with Crippen LogP contribution in [0.2, 0.25) is 0 Å². The lowest BCUT2D eigenvalue weighted by atomic mass is 10.1. The van der Waals surface area contributed by atoms with Gasteiger partial charge in [-0.15, -0.1) is 13.2 Å². The van der Waals surface area contributed by atoms with Crippen LogP contribution in [-0.4, -0.2) is 28.4 Å². The van der Waals surface area contributed by atoms with Gasteiger partial charge in [0, 0.05) is 18.0 Å². The molecule has 0 saturated carbocycles. The monoisotopic (exact) mass is 365 g/mol. The third-order valence-electron chi connectivity index (χ3n) is 2.79. The fraction of sp³-hybridized carbons (Fsp3) is 0.214. The van der Waals surface area contributed by atoms with Gasteiger partial charge in [-0.05, 0) is 17.7 Å². The molecule has 0 bridgehead atoms. The van der Waals surface area contributed by atoms with Gasteiger partial charge in [0.1, 0.15) is 11.6 Å². The molecule has 0 spiro atoms. The van der Waals surface area contributed by atoms with Gasteiger partial charge in [-0.1, -0.05) is 12.1 Å². The molecule has 1 aromatic carbocycles. The molecule has 0 aliphatic rings. The minimum Gasteiger partial charge on any atom is -0.406 e. The maximum atomic E-state index is 12.1. The highest BCUT2D eigenvalue weighted by molar-refractivity contribution is 5.81. The maximum absolute atomic E-state index is 12.1. The summed E-state index contributed by atoms with van der Waals surface area (Å²) in [7, 11) is 0. The standard InChI is InChI=1S/C14H9F6N3O2/c15-13(16,17)12(24)23-7-11-21-5-9(6-22-11)8-1-3-10(4-2-8)25-14(18,19)20/h1-6H,7H2,(H,23,24). The number of hydrogen-bond acceptors (Lipinski definition) is 4. The lowest BCUT2D eigenvalue weighted by Gasteiger charge is -2.09. The Balaban J connectivity index is 2.01. The largest absolute Gasteiger partial charge is 0.573 e. The van der Waals surface area contributed by atoms with Crippen LogP contribution in [0.4, 0.5) is 26.3 Å². The number of hydrogen-bond donors (Lipinski definition) is 1. The predicted molar refractivity (Wildman–Crippen MR) is 72.1 cm³/mol. The summed E-state index contributed by atoms with van der Waals surface area (Å²) < 4.78 is 76.1. The van der Waals surface area contributed by atoms with Crippen LogP contribution in [0.3, 0.4) is 0 Å². The van der Waals surface area contributed by atoms with Gasteiger partial charge in [-0.25, -0.2) is 9.97 Å². The van der Waals surface area contributed by atoms with Crippen LogP contribution in [-0.2, 0) is 11.3 Å². The van der Waals surface area contributed by atoms with E-state index in [0.29, 0.717) is 11.1 Å². The Kier molecular flexibility index (Phi) is 5.14. The summed E-state index contributed by atoms with van der Waals surface area (Å²) in [5.74, 6) is -2.57. The molecule has 0 atom stereocenters. The van der Waals surface area contributed by atoms with Gasteiger partial charge in [0.05, 0.1) is 6.54 Å². The number of nitrogens with one attached hydrogen (secondary N) is 1. The number of halogens is 6.